The van der Waals surface area contributed by atoms with Crippen LogP contribution in [0.4, 0.5) is 0 Å². The molecule has 0 spiro atoms. The summed E-state index contributed by atoms with van der Waals surface area (Å²) in [7, 11) is -3.84. The van der Waals surface area contributed by atoms with E-state index in [1.54, 1.807) is 37.5 Å². The molecule has 6 nitrogen and oxygen atoms in total. The molecule has 2 aromatic rings. The lowest BCUT2D eigenvalue weighted by Crippen LogP contribution is -2.23. The molecule has 7 heteroatoms. The van der Waals surface area contributed by atoms with Gasteiger partial charge in [0.2, 0.25) is 10.0 Å². The first kappa shape index (κ1) is 15.1. The normalized spacial score (nSPS) is 11.1. The Balaban J connectivity index is 2.18. The summed E-state index contributed by atoms with van der Waals surface area (Å²) < 4.78 is 22.8. The van der Waals surface area contributed by atoms with Crippen molar-refractivity contribution in [2.75, 3.05) is 0 Å². The highest BCUT2D eigenvalue weighted by Gasteiger charge is 2.13. The molecular weight excluding hydrogens is 290 g/mol. The lowest BCUT2D eigenvalue weighted by Gasteiger charge is -2.08. The summed E-state index contributed by atoms with van der Waals surface area (Å²) in [6.45, 7) is 2.04. The zero-order valence-corrected chi connectivity index (χ0v) is 12.2. The third-order valence-electron chi connectivity index (χ3n) is 2.84. The van der Waals surface area contributed by atoms with Crippen LogP contribution in [0.2, 0.25) is 0 Å². The van der Waals surface area contributed by atoms with Crippen LogP contribution < -0.4 is 10.5 Å². The zero-order chi connectivity index (χ0) is 15.5. The number of hydrogen-bond acceptors (Lipinski definition) is 4. The van der Waals surface area contributed by atoms with Gasteiger partial charge in [0.1, 0.15) is 0 Å². The van der Waals surface area contributed by atoms with E-state index >= 15 is 0 Å². The van der Waals surface area contributed by atoms with Crippen molar-refractivity contribution in [2.24, 2.45) is 5.14 Å². The molecule has 2 rings (SSSR count). The van der Waals surface area contributed by atoms with Crippen LogP contribution in [-0.2, 0) is 16.6 Å². The van der Waals surface area contributed by atoms with Crippen LogP contribution in [-0.4, -0.2) is 19.3 Å². The van der Waals surface area contributed by atoms with Crippen LogP contribution in [0.5, 0.6) is 0 Å². The number of carbonyl (C=O) groups is 1. The fourth-order valence-corrected chi connectivity index (χ4v) is 2.47. The number of rotatable bonds is 4. The number of nitrogens with zero attached hydrogens (tertiary/aromatic N) is 1. The van der Waals surface area contributed by atoms with Crippen molar-refractivity contribution in [1.29, 1.82) is 0 Å². The number of aryl methyl sites for hydroxylation is 1. The van der Waals surface area contributed by atoms with Crippen molar-refractivity contribution in [3.05, 3.63) is 59.4 Å². The Labute approximate surface area is 123 Å². The molecule has 1 amide bonds. The molecule has 0 fully saturated rings. The average Bonchev–Trinajstić information content (AvgIpc) is 2.44. The van der Waals surface area contributed by atoms with E-state index in [9.17, 15) is 13.2 Å². The molecule has 21 heavy (non-hydrogen) atoms. The highest BCUT2D eigenvalue weighted by molar-refractivity contribution is 7.89. The zero-order valence-electron chi connectivity index (χ0n) is 11.4. The number of hydrogen-bond donors (Lipinski definition) is 2. The molecule has 0 unspecified atom stereocenters. The van der Waals surface area contributed by atoms with E-state index in [1.807, 2.05) is 0 Å². The second-order valence-corrected chi connectivity index (χ2v) is 6.18. The number of carbonyl (C=O) groups excluding carboxylic acids is 1. The summed E-state index contributed by atoms with van der Waals surface area (Å²) in [6.07, 6.45) is 3.26. The standard InChI is InChI=1S/C14H15N3O3S/c1-10-6-12(8-13(7-10)21(15,19)20)14(18)17-9-11-2-4-16-5-3-11/h2-8H,9H2,1H3,(H,17,18)(H2,15,19,20). The van der Waals surface area contributed by atoms with Gasteiger partial charge < -0.3 is 5.32 Å². The highest BCUT2D eigenvalue weighted by atomic mass is 32.2. The summed E-state index contributed by atoms with van der Waals surface area (Å²) in [5.41, 5.74) is 1.81. The molecule has 0 saturated heterocycles. The molecule has 110 valence electrons. The summed E-state index contributed by atoms with van der Waals surface area (Å²) in [4.78, 5) is 15.9. The van der Waals surface area contributed by atoms with Gasteiger partial charge in [-0.15, -0.1) is 0 Å². The number of amides is 1. The van der Waals surface area contributed by atoms with Gasteiger partial charge in [-0.3, -0.25) is 9.78 Å². The van der Waals surface area contributed by atoms with Gasteiger partial charge >= 0.3 is 0 Å². The van der Waals surface area contributed by atoms with E-state index in [2.05, 4.69) is 10.3 Å². The van der Waals surface area contributed by atoms with Crippen molar-refractivity contribution < 1.29 is 13.2 Å². The molecule has 0 atom stereocenters. The van der Waals surface area contributed by atoms with Crippen molar-refractivity contribution in [3.8, 4) is 0 Å². The molecule has 1 aromatic heterocycles. The first-order valence-corrected chi connectivity index (χ1v) is 7.72. The number of primary sulfonamides is 1. The molecule has 0 aliphatic heterocycles. The Hall–Kier alpha value is -2.25. The Kier molecular flexibility index (Phi) is 4.35. The van der Waals surface area contributed by atoms with Crippen LogP contribution in [0, 0.1) is 6.92 Å². The maximum atomic E-state index is 12.1. The number of benzene rings is 1. The van der Waals surface area contributed by atoms with E-state index in [-0.39, 0.29) is 16.4 Å². The largest absolute Gasteiger partial charge is 0.348 e. The summed E-state index contributed by atoms with van der Waals surface area (Å²) in [5, 5.41) is 7.81. The van der Waals surface area contributed by atoms with Gasteiger partial charge in [-0.25, -0.2) is 13.6 Å². The number of aromatic nitrogens is 1. The quantitative estimate of drug-likeness (QED) is 0.878. The van der Waals surface area contributed by atoms with Crippen molar-refractivity contribution in [3.63, 3.8) is 0 Å². The smallest absolute Gasteiger partial charge is 0.251 e. The first-order chi connectivity index (χ1) is 9.86. The Bertz CT molecular complexity index is 758. The summed E-state index contributed by atoms with van der Waals surface area (Å²) in [6, 6.07) is 7.87. The number of sulfonamides is 1. The van der Waals surface area contributed by atoms with Gasteiger partial charge in [0.15, 0.2) is 0 Å². The lowest BCUT2D eigenvalue weighted by molar-refractivity contribution is 0.0950. The van der Waals surface area contributed by atoms with Crippen molar-refractivity contribution >= 4 is 15.9 Å². The predicted molar refractivity (Wildman–Crippen MR) is 78.0 cm³/mol. The molecule has 0 radical (unpaired) electrons. The van der Waals surface area contributed by atoms with Gasteiger partial charge in [0, 0.05) is 24.5 Å². The third kappa shape index (κ3) is 4.11. The van der Waals surface area contributed by atoms with Crippen molar-refractivity contribution in [1.82, 2.24) is 10.3 Å². The van der Waals surface area contributed by atoms with E-state index in [0.717, 1.165) is 5.56 Å². The molecule has 0 bridgehead atoms. The Morgan fingerprint density at radius 3 is 2.52 bits per heavy atom. The number of pyridine rings is 1. The third-order valence-corrected chi connectivity index (χ3v) is 3.74. The van der Waals surface area contributed by atoms with Gasteiger partial charge in [-0.05, 0) is 48.4 Å². The van der Waals surface area contributed by atoms with Crippen LogP contribution in [0.25, 0.3) is 0 Å². The van der Waals surface area contributed by atoms with Gasteiger partial charge in [-0.1, -0.05) is 0 Å². The van der Waals surface area contributed by atoms with E-state index in [4.69, 9.17) is 5.14 Å². The summed E-state index contributed by atoms with van der Waals surface area (Å²) in [5.74, 6) is -0.361. The van der Waals surface area contributed by atoms with Crippen LogP contribution >= 0.6 is 0 Å². The van der Waals surface area contributed by atoms with Crippen LogP contribution in [0.1, 0.15) is 21.5 Å². The second kappa shape index (κ2) is 6.02. The predicted octanol–water partition coefficient (Wildman–Crippen LogP) is 0.967. The molecule has 3 N–H and O–H groups in total. The lowest BCUT2D eigenvalue weighted by atomic mass is 10.1. The minimum atomic E-state index is -3.84. The van der Waals surface area contributed by atoms with Crippen molar-refractivity contribution in [2.45, 2.75) is 18.4 Å². The minimum absolute atomic E-state index is 0.0726. The molecule has 1 heterocycles. The van der Waals surface area contributed by atoms with E-state index < -0.39 is 10.0 Å². The number of nitrogens with one attached hydrogen (secondary N) is 1. The Morgan fingerprint density at radius 1 is 1.24 bits per heavy atom. The summed E-state index contributed by atoms with van der Waals surface area (Å²) >= 11 is 0. The minimum Gasteiger partial charge on any atom is -0.348 e. The van der Waals surface area contributed by atoms with Gasteiger partial charge in [-0.2, -0.15) is 0 Å². The Morgan fingerprint density at radius 2 is 1.90 bits per heavy atom. The van der Waals surface area contributed by atoms with Gasteiger partial charge in [0.25, 0.3) is 5.91 Å². The number of nitrogens with two attached hydrogens (primary N) is 1. The highest BCUT2D eigenvalue weighted by Crippen LogP contribution is 2.13. The SMILES string of the molecule is Cc1cc(C(=O)NCc2ccncc2)cc(S(N)(=O)=O)c1. The fraction of sp³-hybridized carbons (Fsp3) is 0.143. The average molecular weight is 305 g/mol. The van der Waals surface area contributed by atoms with E-state index in [1.165, 1.54) is 12.1 Å². The van der Waals surface area contributed by atoms with Gasteiger partial charge in [0.05, 0.1) is 4.90 Å². The van der Waals surface area contributed by atoms with Crippen LogP contribution in [0.3, 0.4) is 0 Å². The maximum absolute atomic E-state index is 12.1. The molecular formula is C14H15N3O3S. The second-order valence-electron chi connectivity index (χ2n) is 4.62. The molecule has 0 aliphatic carbocycles. The molecule has 0 aliphatic rings. The molecule has 0 saturated carbocycles. The first-order valence-electron chi connectivity index (χ1n) is 6.18. The van der Waals surface area contributed by atoms with Crippen LogP contribution in [0.15, 0.2) is 47.6 Å². The monoisotopic (exact) mass is 305 g/mol. The topological polar surface area (TPSA) is 102 Å². The maximum Gasteiger partial charge on any atom is 0.251 e. The van der Waals surface area contributed by atoms with E-state index in [0.29, 0.717) is 12.1 Å². The molecule has 1 aromatic carbocycles. The fourth-order valence-electron chi connectivity index (χ4n) is 1.83.